The standard InChI is InChI=1S/C17H24N2O/c18-2-4-19-3-1-15(8-16(19)20)17-9-12-5-13(10-17)7-14(6-12)11-17/h1,3,8,12-14H,2,4-7,9-11,18H2. The van der Waals surface area contributed by atoms with E-state index in [2.05, 4.69) is 6.07 Å². The minimum absolute atomic E-state index is 0.128. The third-order valence-corrected chi connectivity index (χ3v) is 6.02. The first-order valence-corrected chi connectivity index (χ1v) is 8.09. The minimum Gasteiger partial charge on any atom is -0.329 e. The van der Waals surface area contributed by atoms with Crippen LogP contribution in [-0.2, 0) is 12.0 Å². The highest BCUT2D eigenvalue weighted by molar-refractivity contribution is 5.27. The Morgan fingerprint density at radius 1 is 1.15 bits per heavy atom. The molecule has 4 aliphatic rings. The van der Waals surface area contributed by atoms with E-state index in [1.807, 2.05) is 12.3 Å². The first kappa shape index (κ1) is 12.6. The Bertz CT molecular complexity index is 539. The first-order chi connectivity index (χ1) is 9.68. The summed E-state index contributed by atoms with van der Waals surface area (Å²) in [7, 11) is 0. The van der Waals surface area contributed by atoms with Gasteiger partial charge in [-0.15, -0.1) is 0 Å². The van der Waals surface area contributed by atoms with E-state index in [1.54, 1.807) is 4.57 Å². The predicted octanol–water partition coefficient (Wildman–Crippen LogP) is 2.27. The third-order valence-electron chi connectivity index (χ3n) is 6.02. The molecule has 0 aromatic carbocycles. The lowest BCUT2D eigenvalue weighted by atomic mass is 9.48. The molecule has 108 valence electrons. The molecule has 0 radical (unpaired) electrons. The molecule has 0 unspecified atom stereocenters. The van der Waals surface area contributed by atoms with Crippen molar-refractivity contribution in [2.45, 2.75) is 50.5 Å². The highest BCUT2D eigenvalue weighted by Crippen LogP contribution is 2.60. The largest absolute Gasteiger partial charge is 0.329 e. The summed E-state index contributed by atoms with van der Waals surface area (Å²) in [6.45, 7) is 1.15. The smallest absolute Gasteiger partial charge is 0.250 e. The Morgan fingerprint density at radius 3 is 2.25 bits per heavy atom. The topological polar surface area (TPSA) is 48.0 Å². The van der Waals surface area contributed by atoms with Gasteiger partial charge in [-0.1, -0.05) is 0 Å². The molecule has 1 heterocycles. The van der Waals surface area contributed by atoms with Gasteiger partial charge in [-0.05, 0) is 73.3 Å². The summed E-state index contributed by atoms with van der Waals surface area (Å²) in [5.41, 5.74) is 7.33. The van der Waals surface area contributed by atoms with Crippen molar-refractivity contribution >= 4 is 0 Å². The first-order valence-electron chi connectivity index (χ1n) is 8.09. The van der Waals surface area contributed by atoms with Crippen molar-refractivity contribution in [3.63, 3.8) is 0 Å². The van der Waals surface area contributed by atoms with E-state index in [-0.39, 0.29) is 5.56 Å². The van der Waals surface area contributed by atoms with Crippen molar-refractivity contribution in [1.82, 2.24) is 4.57 Å². The molecular formula is C17H24N2O. The number of pyridine rings is 1. The lowest BCUT2D eigenvalue weighted by Crippen LogP contribution is -2.49. The van der Waals surface area contributed by atoms with E-state index in [0.717, 1.165) is 17.8 Å². The summed E-state index contributed by atoms with van der Waals surface area (Å²) in [6.07, 6.45) is 10.3. The molecule has 4 bridgehead atoms. The SMILES string of the molecule is NCCn1ccc(C23CC4CC(CC(C4)C2)C3)cc1=O. The van der Waals surface area contributed by atoms with E-state index in [9.17, 15) is 4.79 Å². The zero-order valence-electron chi connectivity index (χ0n) is 12.1. The number of nitrogens with two attached hydrogens (primary N) is 1. The van der Waals surface area contributed by atoms with Crippen LogP contribution in [0.3, 0.4) is 0 Å². The zero-order valence-corrected chi connectivity index (χ0v) is 12.1. The second-order valence-corrected chi connectivity index (χ2v) is 7.43. The maximum absolute atomic E-state index is 12.2. The second-order valence-electron chi connectivity index (χ2n) is 7.43. The average molecular weight is 272 g/mol. The van der Waals surface area contributed by atoms with Gasteiger partial charge in [0.25, 0.3) is 5.56 Å². The maximum atomic E-state index is 12.2. The average Bonchev–Trinajstić information content (AvgIpc) is 2.39. The van der Waals surface area contributed by atoms with Crippen molar-refractivity contribution in [3.8, 4) is 0 Å². The van der Waals surface area contributed by atoms with Crippen LogP contribution in [0.4, 0.5) is 0 Å². The summed E-state index contributed by atoms with van der Waals surface area (Å²) in [5.74, 6) is 2.77. The summed E-state index contributed by atoms with van der Waals surface area (Å²) in [4.78, 5) is 12.2. The molecule has 0 spiro atoms. The van der Waals surface area contributed by atoms with Gasteiger partial charge in [0, 0.05) is 25.4 Å². The van der Waals surface area contributed by atoms with Gasteiger partial charge in [-0.25, -0.2) is 0 Å². The van der Waals surface area contributed by atoms with Crippen LogP contribution in [0.5, 0.6) is 0 Å². The van der Waals surface area contributed by atoms with Gasteiger partial charge in [0.1, 0.15) is 0 Å². The van der Waals surface area contributed by atoms with E-state index >= 15 is 0 Å². The molecule has 20 heavy (non-hydrogen) atoms. The molecule has 0 atom stereocenters. The van der Waals surface area contributed by atoms with E-state index in [4.69, 9.17) is 5.73 Å². The van der Waals surface area contributed by atoms with Crippen LogP contribution >= 0.6 is 0 Å². The van der Waals surface area contributed by atoms with Crippen molar-refractivity contribution in [2.24, 2.45) is 23.5 Å². The number of hydrogen-bond acceptors (Lipinski definition) is 2. The van der Waals surface area contributed by atoms with Crippen molar-refractivity contribution in [1.29, 1.82) is 0 Å². The maximum Gasteiger partial charge on any atom is 0.250 e. The molecule has 0 amide bonds. The second kappa shape index (κ2) is 4.45. The van der Waals surface area contributed by atoms with Gasteiger partial charge >= 0.3 is 0 Å². The van der Waals surface area contributed by atoms with Gasteiger partial charge in [0.2, 0.25) is 0 Å². The van der Waals surface area contributed by atoms with Crippen LogP contribution < -0.4 is 11.3 Å². The fourth-order valence-corrected chi connectivity index (χ4v) is 5.63. The van der Waals surface area contributed by atoms with Gasteiger partial charge in [-0.2, -0.15) is 0 Å². The van der Waals surface area contributed by atoms with Crippen LogP contribution in [0.2, 0.25) is 0 Å². The summed E-state index contributed by atoms with van der Waals surface area (Å²) < 4.78 is 1.74. The lowest BCUT2D eigenvalue weighted by Gasteiger charge is -2.57. The normalized spacial score (nSPS) is 38.4. The van der Waals surface area contributed by atoms with Crippen molar-refractivity contribution in [3.05, 3.63) is 34.2 Å². The van der Waals surface area contributed by atoms with E-state index in [0.29, 0.717) is 18.5 Å². The fourth-order valence-electron chi connectivity index (χ4n) is 5.63. The molecule has 0 aliphatic heterocycles. The van der Waals surface area contributed by atoms with Crippen LogP contribution in [0, 0.1) is 17.8 Å². The monoisotopic (exact) mass is 272 g/mol. The van der Waals surface area contributed by atoms with E-state index < -0.39 is 0 Å². The molecule has 2 N–H and O–H groups in total. The van der Waals surface area contributed by atoms with Crippen LogP contribution in [-0.4, -0.2) is 11.1 Å². The Kier molecular flexibility index (Phi) is 2.81. The highest BCUT2D eigenvalue weighted by Gasteiger charge is 2.51. The minimum atomic E-state index is 0.128. The number of nitrogens with zero attached hydrogens (tertiary/aromatic N) is 1. The van der Waals surface area contributed by atoms with Crippen molar-refractivity contribution < 1.29 is 0 Å². The lowest BCUT2D eigenvalue weighted by molar-refractivity contribution is -0.00530. The number of rotatable bonds is 3. The third kappa shape index (κ3) is 1.86. The Morgan fingerprint density at radius 2 is 1.75 bits per heavy atom. The summed E-state index contributed by atoms with van der Waals surface area (Å²) >= 11 is 0. The summed E-state index contributed by atoms with van der Waals surface area (Å²) in [5, 5.41) is 0. The van der Waals surface area contributed by atoms with Crippen LogP contribution in [0.1, 0.15) is 44.1 Å². The number of hydrogen-bond donors (Lipinski definition) is 1. The Labute approximate surface area is 120 Å². The van der Waals surface area contributed by atoms with Crippen molar-refractivity contribution in [2.75, 3.05) is 6.54 Å². The van der Waals surface area contributed by atoms with Crippen LogP contribution in [0.15, 0.2) is 23.1 Å². The predicted molar refractivity (Wildman–Crippen MR) is 79.6 cm³/mol. The highest BCUT2D eigenvalue weighted by atomic mass is 16.1. The Balaban J connectivity index is 1.70. The van der Waals surface area contributed by atoms with E-state index in [1.165, 1.54) is 44.1 Å². The molecule has 4 aliphatic carbocycles. The molecule has 0 saturated heterocycles. The molecule has 1 aromatic rings. The molecule has 5 rings (SSSR count). The van der Waals surface area contributed by atoms with Crippen LogP contribution in [0.25, 0.3) is 0 Å². The fraction of sp³-hybridized carbons (Fsp3) is 0.706. The molecule has 4 fully saturated rings. The van der Waals surface area contributed by atoms with Gasteiger partial charge < -0.3 is 10.3 Å². The van der Waals surface area contributed by atoms with Gasteiger partial charge in [-0.3, -0.25) is 4.79 Å². The molecule has 3 nitrogen and oxygen atoms in total. The molecular weight excluding hydrogens is 248 g/mol. The summed E-state index contributed by atoms with van der Waals surface area (Å²) in [6, 6.07) is 4.10. The molecule has 3 heteroatoms. The molecule has 4 saturated carbocycles. The molecule has 1 aromatic heterocycles. The quantitative estimate of drug-likeness (QED) is 0.917. The Hall–Kier alpha value is -1.09. The number of aromatic nitrogens is 1. The van der Waals surface area contributed by atoms with Gasteiger partial charge in [0.05, 0.1) is 0 Å². The zero-order chi connectivity index (χ0) is 13.7. The van der Waals surface area contributed by atoms with Gasteiger partial charge in [0.15, 0.2) is 0 Å².